The third kappa shape index (κ3) is 8.90. The largest absolute Gasteiger partial charge is 0.382 e. The first kappa shape index (κ1) is 19.1. The minimum Gasteiger partial charge on any atom is -0.382 e. The summed E-state index contributed by atoms with van der Waals surface area (Å²) >= 11 is 6.91. The first-order valence-corrected chi connectivity index (χ1v) is 8.77. The first-order valence-electron chi connectivity index (χ1n) is 6.85. The lowest BCUT2D eigenvalue weighted by atomic mass is 10.1. The molecule has 0 N–H and O–H groups in total. The Kier molecular flexibility index (Phi) is 11.4. The Hall–Kier alpha value is 0.0200. The van der Waals surface area contributed by atoms with E-state index in [9.17, 15) is 0 Å². The van der Waals surface area contributed by atoms with Gasteiger partial charge in [-0.1, -0.05) is 44.0 Å². The van der Waals surface area contributed by atoms with E-state index >= 15 is 0 Å². The number of hydrogen-bond donors (Lipinski definition) is 0. The minimum atomic E-state index is 0.0413. The fraction of sp³-hybridized carbons (Fsp3) is 0.600. The van der Waals surface area contributed by atoms with Gasteiger partial charge < -0.3 is 18.9 Å². The summed E-state index contributed by atoms with van der Waals surface area (Å²) in [5.41, 5.74) is 1.15. The average Bonchev–Trinajstić information content (AvgIpc) is 2.51. The lowest BCUT2D eigenvalue weighted by Gasteiger charge is -2.16. The van der Waals surface area contributed by atoms with Crippen LogP contribution in [0.3, 0.4) is 0 Å². The molecule has 0 radical (unpaired) electrons. The zero-order valence-electron chi connectivity index (χ0n) is 12.2. The van der Waals surface area contributed by atoms with Gasteiger partial charge in [0, 0.05) is 16.9 Å². The van der Waals surface area contributed by atoms with Crippen molar-refractivity contribution in [2.45, 2.75) is 6.10 Å². The lowest BCUT2D eigenvalue weighted by Crippen LogP contribution is -2.13. The number of rotatable bonds is 12. The predicted molar refractivity (Wildman–Crippen MR) is 90.1 cm³/mol. The Labute approximate surface area is 143 Å². The second kappa shape index (κ2) is 12.6. The van der Waals surface area contributed by atoms with Gasteiger partial charge in [0.1, 0.15) is 0 Å². The van der Waals surface area contributed by atoms with Crippen LogP contribution in [0.2, 0.25) is 0 Å². The van der Waals surface area contributed by atoms with E-state index < -0.39 is 0 Å². The summed E-state index contributed by atoms with van der Waals surface area (Å²) in [6, 6.07) is 8.14. The standard InChI is InChI=1S/C15H22Br2O4/c1-18-6-7-19-8-9-20-10-11-21-15(12-16)13-2-4-14(17)5-3-13/h2-5,15H,6-12H2,1H3. The quantitative estimate of drug-likeness (QED) is 0.379. The molecule has 0 fully saturated rings. The molecule has 0 amide bonds. The van der Waals surface area contributed by atoms with Crippen molar-refractivity contribution in [1.82, 2.24) is 0 Å². The molecular formula is C15H22Br2O4. The zero-order chi connectivity index (χ0) is 15.3. The molecule has 1 atom stereocenters. The monoisotopic (exact) mass is 424 g/mol. The zero-order valence-corrected chi connectivity index (χ0v) is 15.4. The molecule has 0 aliphatic heterocycles. The molecule has 6 heteroatoms. The number of alkyl halides is 1. The highest BCUT2D eigenvalue weighted by atomic mass is 79.9. The third-order valence-electron chi connectivity index (χ3n) is 2.73. The third-order valence-corrected chi connectivity index (χ3v) is 3.85. The maximum Gasteiger partial charge on any atom is 0.0922 e. The minimum absolute atomic E-state index is 0.0413. The molecule has 120 valence electrons. The van der Waals surface area contributed by atoms with E-state index in [2.05, 4.69) is 44.0 Å². The topological polar surface area (TPSA) is 36.9 Å². The molecule has 0 heterocycles. The molecule has 0 saturated heterocycles. The first-order chi connectivity index (χ1) is 10.3. The van der Waals surface area contributed by atoms with E-state index in [0.29, 0.717) is 39.6 Å². The summed E-state index contributed by atoms with van der Waals surface area (Å²) in [4.78, 5) is 0. The van der Waals surface area contributed by atoms with Crippen LogP contribution in [-0.2, 0) is 18.9 Å². The number of ether oxygens (including phenoxy) is 4. The van der Waals surface area contributed by atoms with E-state index in [4.69, 9.17) is 18.9 Å². The fourth-order valence-corrected chi connectivity index (χ4v) is 2.45. The van der Waals surface area contributed by atoms with Gasteiger partial charge in [0.25, 0.3) is 0 Å². The van der Waals surface area contributed by atoms with Crippen molar-refractivity contribution in [2.24, 2.45) is 0 Å². The Morgan fingerprint density at radius 2 is 1.48 bits per heavy atom. The second-order valence-corrected chi connectivity index (χ2v) is 5.85. The highest BCUT2D eigenvalue weighted by Crippen LogP contribution is 2.21. The van der Waals surface area contributed by atoms with Gasteiger partial charge in [0.05, 0.1) is 45.7 Å². The van der Waals surface area contributed by atoms with E-state index in [1.807, 2.05) is 12.1 Å². The number of methoxy groups -OCH3 is 1. The summed E-state index contributed by atoms with van der Waals surface area (Å²) < 4.78 is 22.5. The van der Waals surface area contributed by atoms with Crippen molar-refractivity contribution < 1.29 is 18.9 Å². The summed E-state index contributed by atoms with van der Waals surface area (Å²) in [5.74, 6) is 0. The molecule has 1 aromatic rings. The van der Waals surface area contributed by atoms with Gasteiger partial charge in [-0.05, 0) is 17.7 Å². The molecule has 1 aromatic carbocycles. The van der Waals surface area contributed by atoms with Crippen molar-refractivity contribution >= 4 is 31.9 Å². The van der Waals surface area contributed by atoms with Crippen LogP contribution < -0.4 is 0 Å². The highest BCUT2D eigenvalue weighted by molar-refractivity contribution is 9.10. The van der Waals surface area contributed by atoms with Crippen LogP contribution in [0.1, 0.15) is 11.7 Å². The van der Waals surface area contributed by atoms with E-state index in [-0.39, 0.29) is 6.10 Å². The summed E-state index contributed by atoms with van der Waals surface area (Å²) in [5, 5.41) is 0.759. The maximum atomic E-state index is 5.81. The van der Waals surface area contributed by atoms with Crippen molar-refractivity contribution in [3.05, 3.63) is 34.3 Å². The lowest BCUT2D eigenvalue weighted by molar-refractivity contribution is -0.0113. The molecule has 0 aliphatic carbocycles. The molecule has 21 heavy (non-hydrogen) atoms. The molecule has 0 aromatic heterocycles. The van der Waals surface area contributed by atoms with Gasteiger partial charge in [0.15, 0.2) is 0 Å². The highest BCUT2D eigenvalue weighted by Gasteiger charge is 2.10. The van der Waals surface area contributed by atoms with E-state index in [1.165, 1.54) is 0 Å². The van der Waals surface area contributed by atoms with Crippen molar-refractivity contribution in [2.75, 3.05) is 52.1 Å². The van der Waals surface area contributed by atoms with Crippen molar-refractivity contribution in [3.63, 3.8) is 0 Å². The fourth-order valence-electron chi connectivity index (χ4n) is 1.62. The smallest absolute Gasteiger partial charge is 0.0922 e. The molecular weight excluding hydrogens is 404 g/mol. The molecule has 0 aliphatic rings. The predicted octanol–water partition coefficient (Wildman–Crippen LogP) is 3.58. The second-order valence-electron chi connectivity index (χ2n) is 4.28. The van der Waals surface area contributed by atoms with E-state index in [0.717, 1.165) is 15.4 Å². The van der Waals surface area contributed by atoms with Crippen LogP contribution in [-0.4, -0.2) is 52.1 Å². The summed E-state index contributed by atoms with van der Waals surface area (Å²) in [7, 11) is 1.66. The van der Waals surface area contributed by atoms with Crippen LogP contribution in [0.25, 0.3) is 0 Å². The van der Waals surface area contributed by atoms with Crippen LogP contribution in [0.5, 0.6) is 0 Å². The van der Waals surface area contributed by atoms with Crippen molar-refractivity contribution in [1.29, 1.82) is 0 Å². The van der Waals surface area contributed by atoms with Gasteiger partial charge in [0.2, 0.25) is 0 Å². The van der Waals surface area contributed by atoms with Gasteiger partial charge >= 0.3 is 0 Å². The number of benzene rings is 1. The van der Waals surface area contributed by atoms with Gasteiger partial charge in [-0.25, -0.2) is 0 Å². The summed E-state index contributed by atoms with van der Waals surface area (Å²) in [6.07, 6.45) is 0.0413. The van der Waals surface area contributed by atoms with Crippen LogP contribution >= 0.6 is 31.9 Å². The Bertz CT molecular complexity index is 359. The molecule has 0 saturated carbocycles. The van der Waals surface area contributed by atoms with Gasteiger partial charge in [-0.3, -0.25) is 0 Å². The molecule has 4 nitrogen and oxygen atoms in total. The SMILES string of the molecule is COCCOCCOCCOC(CBr)c1ccc(Br)cc1. The van der Waals surface area contributed by atoms with Crippen LogP contribution in [0.15, 0.2) is 28.7 Å². The molecule has 1 rings (SSSR count). The Morgan fingerprint density at radius 3 is 2.05 bits per heavy atom. The van der Waals surface area contributed by atoms with Gasteiger partial charge in [-0.15, -0.1) is 0 Å². The number of halogens is 2. The Balaban J connectivity index is 2.08. The Morgan fingerprint density at radius 1 is 0.905 bits per heavy atom. The normalized spacial score (nSPS) is 12.5. The van der Waals surface area contributed by atoms with Crippen LogP contribution in [0, 0.1) is 0 Å². The number of hydrogen-bond acceptors (Lipinski definition) is 4. The maximum absolute atomic E-state index is 5.81. The van der Waals surface area contributed by atoms with Crippen LogP contribution in [0.4, 0.5) is 0 Å². The molecule has 0 bridgehead atoms. The van der Waals surface area contributed by atoms with E-state index in [1.54, 1.807) is 7.11 Å². The summed E-state index contributed by atoms with van der Waals surface area (Å²) in [6.45, 7) is 3.50. The molecule has 1 unspecified atom stereocenters. The van der Waals surface area contributed by atoms with Crippen molar-refractivity contribution in [3.8, 4) is 0 Å². The molecule has 0 spiro atoms. The van der Waals surface area contributed by atoms with Gasteiger partial charge in [-0.2, -0.15) is 0 Å². The average molecular weight is 426 g/mol.